The predicted octanol–water partition coefficient (Wildman–Crippen LogP) is 2.56. The monoisotopic (exact) mass is 300 g/mol. The maximum atomic E-state index is 13.3. The molecule has 0 radical (unpaired) electrons. The summed E-state index contributed by atoms with van der Waals surface area (Å²) < 4.78 is 41.4. The van der Waals surface area contributed by atoms with Gasteiger partial charge in [0.1, 0.15) is 22.8 Å². The molecule has 0 amide bonds. The van der Waals surface area contributed by atoms with E-state index in [0.29, 0.717) is 0 Å². The molecule has 0 spiro atoms. The van der Waals surface area contributed by atoms with Gasteiger partial charge in [0.2, 0.25) is 5.95 Å². The van der Waals surface area contributed by atoms with Gasteiger partial charge in [0.05, 0.1) is 0 Å². The van der Waals surface area contributed by atoms with Gasteiger partial charge in [-0.15, -0.1) is 0 Å². The maximum Gasteiger partial charge on any atom is 0.422 e. The molecule has 0 aliphatic heterocycles. The average Bonchev–Trinajstić information content (AvgIpc) is 2.85. The quantitative estimate of drug-likeness (QED) is 0.910. The summed E-state index contributed by atoms with van der Waals surface area (Å²) >= 11 is 0. The third kappa shape index (κ3) is 2.91. The second-order valence-corrected chi connectivity index (χ2v) is 4.68. The summed E-state index contributed by atoms with van der Waals surface area (Å²) in [6.45, 7) is 3.74. The smallest absolute Gasteiger partial charge is 0.372 e. The highest BCUT2D eigenvalue weighted by Crippen LogP contribution is 2.39. The van der Waals surface area contributed by atoms with Crippen LogP contribution >= 0.6 is 0 Å². The highest BCUT2D eigenvalue weighted by Gasteiger charge is 2.39. The molecule has 0 unspecified atom stereocenters. The molecule has 0 fully saturated rings. The van der Waals surface area contributed by atoms with Gasteiger partial charge in [-0.3, -0.25) is 4.68 Å². The zero-order valence-electron chi connectivity index (χ0n) is 11.7. The molecule has 0 bridgehead atoms. The van der Waals surface area contributed by atoms with Crippen LogP contribution in [0.1, 0.15) is 25.5 Å². The van der Waals surface area contributed by atoms with Crippen molar-refractivity contribution in [1.82, 2.24) is 19.7 Å². The minimum atomic E-state index is -4.62. The third-order valence-corrected chi connectivity index (χ3v) is 2.83. The van der Waals surface area contributed by atoms with Crippen molar-refractivity contribution in [2.45, 2.75) is 26.1 Å². The van der Waals surface area contributed by atoms with Gasteiger partial charge in [-0.05, 0) is 19.9 Å². The Morgan fingerprint density at radius 2 is 1.95 bits per heavy atom. The van der Waals surface area contributed by atoms with E-state index < -0.39 is 11.7 Å². The van der Waals surface area contributed by atoms with Crippen molar-refractivity contribution in [3.8, 4) is 11.4 Å². The zero-order valence-corrected chi connectivity index (χ0v) is 11.7. The van der Waals surface area contributed by atoms with Crippen LogP contribution in [0.4, 0.5) is 24.9 Å². The van der Waals surface area contributed by atoms with Crippen LogP contribution < -0.4 is 11.1 Å². The second-order valence-electron chi connectivity index (χ2n) is 4.68. The van der Waals surface area contributed by atoms with E-state index in [-0.39, 0.29) is 29.2 Å². The van der Waals surface area contributed by atoms with Gasteiger partial charge in [-0.25, -0.2) is 4.98 Å². The Morgan fingerprint density at radius 1 is 1.29 bits per heavy atom. The molecular formula is C12H15F3N6. The fourth-order valence-electron chi connectivity index (χ4n) is 1.86. The van der Waals surface area contributed by atoms with Crippen LogP contribution in [0.15, 0.2) is 12.3 Å². The lowest BCUT2D eigenvalue weighted by Gasteiger charge is -2.15. The number of nitrogens with one attached hydrogen (secondary N) is 1. The van der Waals surface area contributed by atoms with Gasteiger partial charge < -0.3 is 11.1 Å². The van der Waals surface area contributed by atoms with Gasteiger partial charge in [-0.1, -0.05) is 0 Å². The van der Waals surface area contributed by atoms with Crippen molar-refractivity contribution in [1.29, 1.82) is 0 Å². The third-order valence-electron chi connectivity index (χ3n) is 2.83. The molecular weight excluding hydrogens is 285 g/mol. The van der Waals surface area contributed by atoms with Crippen molar-refractivity contribution in [3.63, 3.8) is 0 Å². The van der Waals surface area contributed by atoms with E-state index >= 15 is 0 Å². The summed E-state index contributed by atoms with van der Waals surface area (Å²) in [6, 6.07) is 1.49. The summed E-state index contributed by atoms with van der Waals surface area (Å²) in [6.07, 6.45) is -3.03. The van der Waals surface area contributed by atoms with Crippen molar-refractivity contribution < 1.29 is 13.2 Å². The summed E-state index contributed by atoms with van der Waals surface area (Å²) in [7, 11) is 1.34. The molecule has 0 aromatic carbocycles. The predicted molar refractivity (Wildman–Crippen MR) is 72.6 cm³/mol. The Bertz CT molecular complexity index is 647. The van der Waals surface area contributed by atoms with E-state index in [2.05, 4.69) is 20.4 Å². The first kappa shape index (κ1) is 15.1. The largest absolute Gasteiger partial charge is 0.422 e. The van der Waals surface area contributed by atoms with Crippen molar-refractivity contribution in [2.24, 2.45) is 0 Å². The Balaban J connectivity index is 2.68. The number of aromatic nitrogens is 4. The van der Waals surface area contributed by atoms with Crippen molar-refractivity contribution in [3.05, 3.63) is 17.8 Å². The van der Waals surface area contributed by atoms with Crippen molar-refractivity contribution in [2.75, 3.05) is 18.1 Å². The van der Waals surface area contributed by atoms with E-state index in [1.54, 1.807) is 10.9 Å². The molecule has 2 rings (SSSR count). The number of nitrogen functional groups attached to an aromatic ring is 1. The number of nitrogens with two attached hydrogens (primary N) is 1. The van der Waals surface area contributed by atoms with Crippen LogP contribution in [0.2, 0.25) is 0 Å². The average molecular weight is 300 g/mol. The number of anilines is 2. The number of nitrogens with zero attached hydrogens (tertiary/aromatic N) is 4. The van der Waals surface area contributed by atoms with Crippen LogP contribution in [-0.2, 0) is 6.18 Å². The zero-order chi connectivity index (χ0) is 15.8. The summed E-state index contributed by atoms with van der Waals surface area (Å²) in [5.74, 6) is -0.620. The van der Waals surface area contributed by atoms with Gasteiger partial charge in [0.25, 0.3) is 0 Å². The van der Waals surface area contributed by atoms with Crippen LogP contribution in [-0.4, -0.2) is 26.8 Å². The molecule has 114 valence electrons. The Hall–Kier alpha value is -2.32. The minimum absolute atomic E-state index is 0.0241. The van der Waals surface area contributed by atoms with Crippen LogP contribution in [0.3, 0.4) is 0 Å². The van der Waals surface area contributed by atoms with E-state index in [4.69, 9.17) is 5.73 Å². The van der Waals surface area contributed by atoms with Gasteiger partial charge >= 0.3 is 6.18 Å². The van der Waals surface area contributed by atoms with Crippen LogP contribution in [0, 0.1) is 0 Å². The number of halogens is 3. The highest BCUT2D eigenvalue weighted by atomic mass is 19.4. The SMILES string of the molecule is CNc1nc(N)nc(-c2ccn(C(C)C)n2)c1C(F)(F)F. The van der Waals surface area contributed by atoms with E-state index in [1.807, 2.05) is 13.8 Å². The first-order valence-electron chi connectivity index (χ1n) is 6.22. The van der Waals surface area contributed by atoms with Gasteiger partial charge in [0.15, 0.2) is 0 Å². The molecule has 3 N–H and O–H groups in total. The Kier molecular flexibility index (Phi) is 3.75. The Labute approximate surface area is 119 Å². The summed E-state index contributed by atoms with van der Waals surface area (Å²) in [4.78, 5) is 7.31. The van der Waals surface area contributed by atoms with E-state index in [0.717, 1.165) is 0 Å². The molecule has 2 aromatic rings. The minimum Gasteiger partial charge on any atom is -0.372 e. The highest BCUT2D eigenvalue weighted by molar-refractivity contribution is 5.68. The molecule has 21 heavy (non-hydrogen) atoms. The lowest BCUT2D eigenvalue weighted by atomic mass is 10.1. The first-order chi connectivity index (χ1) is 9.74. The van der Waals surface area contributed by atoms with Crippen LogP contribution in [0.5, 0.6) is 0 Å². The molecule has 0 aliphatic rings. The van der Waals surface area contributed by atoms with Crippen LogP contribution in [0.25, 0.3) is 11.4 Å². The number of hydrogen-bond acceptors (Lipinski definition) is 5. The van der Waals surface area contributed by atoms with Crippen molar-refractivity contribution >= 4 is 11.8 Å². The van der Waals surface area contributed by atoms with Gasteiger partial charge in [-0.2, -0.15) is 23.3 Å². The molecule has 0 aliphatic carbocycles. The fraction of sp³-hybridized carbons (Fsp3) is 0.417. The number of hydrogen-bond donors (Lipinski definition) is 2. The van der Waals surface area contributed by atoms with E-state index in [9.17, 15) is 13.2 Å². The van der Waals surface area contributed by atoms with E-state index in [1.165, 1.54) is 13.1 Å². The standard InChI is InChI=1S/C12H15F3N6/c1-6(2)21-5-4-7(20-21)9-8(12(13,14)15)10(17-3)19-11(16)18-9/h4-6H,1-3H3,(H3,16,17,18,19). The Morgan fingerprint density at radius 3 is 2.43 bits per heavy atom. The maximum absolute atomic E-state index is 13.3. The number of alkyl halides is 3. The molecule has 9 heteroatoms. The molecule has 0 atom stereocenters. The lowest BCUT2D eigenvalue weighted by Crippen LogP contribution is -2.15. The first-order valence-corrected chi connectivity index (χ1v) is 6.22. The fourth-order valence-corrected chi connectivity index (χ4v) is 1.86. The molecule has 0 saturated heterocycles. The molecule has 2 heterocycles. The van der Waals surface area contributed by atoms with Gasteiger partial charge in [0, 0.05) is 19.3 Å². The summed E-state index contributed by atoms with van der Waals surface area (Å²) in [5, 5.41) is 6.51. The molecule has 6 nitrogen and oxygen atoms in total. The number of rotatable bonds is 3. The second kappa shape index (κ2) is 5.23. The lowest BCUT2D eigenvalue weighted by molar-refractivity contribution is -0.136. The normalized spacial score (nSPS) is 12.0. The topological polar surface area (TPSA) is 81.6 Å². The molecule has 0 saturated carbocycles. The molecule has 2 aromatic heterocycles. The summed E-state index contributed by atoms with van der Waals surface area (Å²) in [5.41, 5.74) is 4.27.